The molecule has 0 atom stereocenters. The standard InChI is InChI=1S/C13H15ClN2S/c1-7(2)12-11(16-13(15)17-12)10-6-9(14)5-4-8(10)3/h4-7H,1-3H3,(H2,15,16). The zero-order valence-corrected chi connectivity index (χ0v) is 11.7. The molecule has 2 nitrogen and oxygen atoms in total. The van der Waals surface area contributed by atoms with Crippen LogP contribution in [-0.2, 0) is 0 Å². The molecule has 0 aliphatic carbocycles. The number of hydrogen-bond acceptors (Lipinski definition) is 3. The van der Waals surface area contributed by atoms with Crippen molar-refractivity contribution < 1.29 is 0 Å². The van der Waals surface area contributed by atoms with Crippen LogP contribution in [0.3, 0.4) is 0 Å². The van der Waals surface area contributed by atoms with E-state index in [-0.39, 0.29) is 0 Å². The molecule has 90 valence electrons. The molecule has 1 aromatic heterocycles. The van der Waals surface area contributed by atoms with Gasteiger partial charge in [-0.3, -0.25) is 0 Å². The van der Waals surface area contributed by atoms with Crippen molar-refractivity contribution in [3.05, 3.63) is 33.7 Å². The quantitative estimate of drug-likeness (QED) is 0.871. The summed E-state index contributed by atoms with van der Waals surface area (Å²) in [6, 6.07) is 5.86. The van der Waals surface area contributed by atoms with Gasteiger partial charge in [0.15, 0.2) is 5.13 Å². The van der Waals surface area contributed by atoms with Gasteiger partial charge < -0.3 is 5.73 Å². The molecule has 1 aromatic carbocycles. The maximum Gasteiger partial charge on any atom is 0.180 e. The van der Waals surface area contributed by atoms with Crippen molar-refractivity contribution >= 4 is 28.1 Å². The second-order valence-corrected chi connectivity index (χ2v) is 5.88. The van der Waals surface area contributed by atoms with E-state index in [1.807, 2.05) is 18.2 Å². The van der Waals surface area contributed by atoms with E-state index in [0.717, 1.165) is 16.3 Å². The minimum Gasteiger partial charge on any atom is -0.375 e. The Hall–Kier alpha value is -1.06. The number of aryl methyl sites for hydroxylation is 1. The van der Waals surface area contributed by atoms with Crippen LogP contribution >= 0.6 is 22.9 Å². The number of aromatic nitrogens is 1. The first kappa shape index (κ1) is 12.4. The molecule has 1 heterocycles. The van der Waals surface area contributed by atoms with Crippen molar-refractivity contribution in [1.82, 2.24) is 4.98 Å². The van der Waals surface area contributed by atoms with Gasteiger partial charge in [-0.05, 0) is 30.5 Å². The van der Waals surface area contributed by atoms with E-state index in [1.165, 1.54) is 10.4 Å². The molecular weight excluding hydrogens is 252 g/mol. The Morgan fingerprint density at radius 2 is 2.06 bits per heavy atom. The van der Waals surface area contributed by atoms with Crippen molar-refractivity contribution in [1.29, 1.82) is 0 Å². The number of hydrogen-bond donors (Lipinski definition) is 1. The van der Waals surface area contributed by atoms with Crippen molar-refractivity contribution in [2.45, 2.75) is 26.7 Å². The van der Waals surface area contributed by atoms with Crippen molar-refractivity contribution in [3.8, 4) is 11.3 Å². The third-order valence-corrected chi connectivity index (χ3v) is 4.07. The zero-order chi connectivity index (χ0) is 12.6. The van der Waals surface area contributed by atoms with Crippen LogP contribution in [0, 0.1) is 6.92 Å². The molecule has 0 aliphatic heterocycles. The summed E-state index contributed by atoms with van der Waals surface area (Å²) < 4.78 is 0. The van der Waals surface area contributed by atoms with Crippen LogP contribution in [0.2, 0.25) is 5.02 Å². The lowest BCUT2D eigenvalue weighted by Gasteiger charge is -2.08. The minimum absolute atomic E-state index is 0.415. The highest BCUT2D eigenvalue weighted by Crippen LogP contribution is 2.37. The van der Waals surface area contributed by atoms with Crippen LogP contribution in [0.15, 0.2) is 18.2 Å². The lowest BCUT2D eigenvalue weighted by atomic mass is 10.0. The third-order valence-electron chi connectivity index (χ3n) is 2.65. The Morgan fingerprint density at radius 3 is 2.71 bits per heavy atom. The van der Waals surface area contributed by atoms with Crippen molar-refractivity contribution in [2.75, 3.05) is 5.73 Å². The van der Waals surface area contributed by atoms with Gasteiger partial charge in [0.25, 0.3) is 0 Å². The normalized spacial score (nSPS) is 11.1. The number of anilines is 1. The molecule has 0 spiro atoms. The number of nitrogens with two attached hydrogens (primary N) is 1. The van der Waals surface area contributed by atoms with Gasteiger partial charge in [-0.1, -0.05) is 31.5 Å². The van der Waals surface area contributed by atoms with E-state index in [9.17, 15) is 0 Å². The second-order valence-electron chi connectivity index (χ2n) is 4.38. The van der Waals surface area contributed by atoms with Crippen LogP contribution in [0.25, 0.3) is 11.3 Å². The van der Waals surface area contributed by atoms with Crippen LogP contribution in [0.1, 0.15) is 30.2 Å². The number of thiazole rings is 1. The van der Waals surface area contributed by atoms with Crippen LogP contribution in [0.4, 0.5) is 5.13 Å². The fourth-order valence-electron chi connectivity index (χ4n) is 1.78. The minimum atomic E-state index is 0.415. The number of nitrogen functional groups attached to an aromatic ring is 1. The fraction of sp³-hybridized carbons (Fsp3) is 0.308. The maximum atomic E-state index is 6.05. The van der Waals surface area contributed by atoms with Gasteiger partial charge in [-0.15, -0.1) is 11.3 Å². The SMILES string of the molecule is Cc1ccc(Cl)cc1-c1nc(N)sc1C(C)C. The molecule has 0 unspecified atom stereocenters. The Kier molecular flexibility index (Phi) is 3.40. The van der Waals surface area contributed by atoms with E-state index in [1.54, 1.807) is 11.3 Å². The smallest absolute Gasteiger partial charge is 0.180 e. The topological polar surface area (TPSA) is 38.9 Å². The van der Waals surface area contributed by atoms with Crippen molar-refractivity contribution in [3.63, 3.8) is 0 Å². The lowest BCUT2D eigenvalue weighted by molar-refractivity contribution is 0.888. The summed E-state index contributed by atoms with van der Waals surface area (Å²) in [5.74, 6) is 0.415. The molecule has 2 rings (SSSR count). The highest BCUT2D eigenvalue weighted by Gasteiger charge is 2.16. The lowest BCUT2D eigenvalue weighted by Crippen LogP contribution is -1.91. The van der Waals surface area contributed by atoms with E-state index < -0.39 is 0 Å². The predicted octanol–water partition coefficient (Wildman–Crippen LogP) is 4.48. The molecule has 2 aromatic rings. The summed E-state index contributed by atoms with van der Waals surface area (Å²) in [6.07, 6.45) is 0. The Labute approximate surface area is 110 Å². The first-order chi connectivity index (χ1) is 7.99. The van der Waals surface area contributed by atoms with E-state index >= 15 is 0 Å². The maximum absolute atomic E-state index is 6.05. The van der Waals surface area contributed by atoms with Crippen LogP contribution in [0.5, 0.6) is 0 Å². The second kappa shape index (κ2) is 4.67. The number of halogens is 1. The summed E-state index contributed by atoms with van der Waals surface area (Å²) in [5.41, 5.74) is 9.04. The van der Waals surface area contributed by atoms with Gasteiger partial charge in [0.2, 0.25) is 0 Å². The summed E-state index contributed by atoms with van der Waals surface area (Å²) in [5, 5.41) is 1.34. The van der Waals surface area contributed by atoms with Gasteiger partial charge in [-0.2, -0.15) is 0 Å². The van der Waals surface area contributed by atoms with Gasteiger partial charge in [0, 0.05) is 15.5 Å². The monoisotopic (exact) mass is 266 g/mol. The Morgan fingerprint density at radius 1 is 1.35 bits per heavy atom. The van der Waals surface area contributed by atoms with Gasteiger partial charge in [0.1, 0.15) is 0 Å². The van der Waals surface area contributed by atoms with E-state index in [4.69, 9.17) is 17.3 Å². The Balaban J connectivity index is 2.63. The van der Waals surface area contributed by atoms with E-state index in [0.29, 0.717) is 11.0 Å². The predicted molar refractivity (Wildman–Crippen MR) is 75.8 cm³/mol. The molecule has 0 aliphatic rings. The molecule has 0 saturated heterocycles. The zero-order valence-electron chi connectivity index (χ0n) is 10.1. The van der Waals surface area contributed by atoms with E-state index in [2.05, 4.69) is 25.8 Å². The van der Waals surface area contributed by atoms with Gasteiger partial charge >= 0.3 is 0 Å². The average Bonchev–Trinajstić information content (AvgIpc) is 2.64. The van der Waals surface area contributed by atoms with Gasteiger partial charge in [0.05, 0.1) is 5.69 Å². The molecule has 0 bridgehead atoms. The summed E-state index contributed by atoms with van der Waals surface area (Å²) >= 11 is 7.61. The average molecular weight is 267 g/mol. The van der Waals surface area contributed by atoms with Crippen molar-refractivity contribution in [2.24, 2.45) is 0 Å². The summed E-state index contributed by atoms with van der Waals surface area (Å²) in [7, 11) is 0. The number of nitrogens with zero attached hydrogens (tertiary/aromatic N) is 1. The molecule has 2 N–H and O–H groups in total. The molecule has 0 fully saturated rings. The fourth-order valence-corrected chi connectivity index (χ4v) is 2.81. The van der Waals surface area contributed by atoms with Crippen LogP contribution < -0.4 is 5.73 Å². The third kappa shape index (κ3) is 2.45. The molecule has 4 heteroatoms. The van der Waals surface area contributed by atoms with Gasteiger partial charge in [-0.25, -0.2) is 4.98 Å². The molecule has 0 radical (unpaired) electrons. The summed E-state index contributed by atoms with van der Waals surface area (Å²) in [4.78, 5) is 5.66. The highest BCUT2D eigenvalue weighted by atomic mass is 35.5. The molecule has 0 amide bonds. The molecular formula is C13H15ClN2S. The Bertz CT molecular complexity index is 546. The first-order valence-electron chi connectivity index (χ1n) is 5.51. The first-order valence-corrected chi connectivity index (χ1v) is 6.71. The summed E-state index contributed by atoms with van der Waals surface area (Å²) in [6.45, 7) is 6.36. The number of benzene rings is 1. The highest BCUT2D eigenvalue weighted by molar-refractivity contribution is 7.15. The molecule has 17 heavy (non-hydrogen) atoms. The number of rotatable bonds is 2. The molecule has 0 saturated carbocycles. The van der Waals surface area contributed by atoms with Crippen LogP contribution in [-0.4, -0.2) is 4.98 Å². The largest absolute Gasteiger partial charge is 0.375 e.